The Kier molecular flexibility index (Phi) is 3.86. The molecule has 0 radical (unpaired) electrons. The highest BCUT2D eigenvalue weighted by molar-refractivity contribution is 5.67. The van der Waals surface area contributed by atoms with Crippen molar-refractivity contribution in [3.63, 3.8) is 0 Å². The van der Waals surface area contributed by atoms with Crippen LogP contribution < -0.4 is 20.0 Å². The average molecular weight is 250 g/mol. The van der Waals surface area contributed by atoms with Gasteiger partial charge in [-0.25, -0.2) is 4.98 Å². The number of nitrogens with zero attached hydrogens (tertiary/aromatic N) is 5. The van der Waals surface area contributed by atoms with Gasteiger partial charge in [-0.05, 0) is 0 Å². The Morgan fingerprint density at radius 2 is 1.78 bits per heavy atom. The maximum absolute atomic E-state index is 4.69. The Morgan fingerprint density at radius 1 is 1.11 bits per heavy atom. The molecule has 0 bridgehead atoms. The third kappa shape index (κ3) is 2.64. The molecule has 0 spiro atoms. The number of aromatic nitrogens is 2. The van der Waals surface area contributed by atoms with Crippen molar-refractivity contribution in [3.8, 4) is 0 Å². The van der Waals surface area contributed by atoms with Gasteiger partial charge in [0.05, 0.1) is 11.9 Å². The molecule has 0 unspecified atom stereocenters. The molecule has 1 aromatic rings. The Morgan fingerprint density at radius 3 is 2.33 bits per heavy atom. The van der Waals surface area contributed by atoms with Crippen molar-refractivity contribution in [1.82, 2.24) is 15.3 Å². The quantitative estimate of drug-likeness (QED) is 0.816. The van der Waals surface area contributed by atoms with Crippen LogP contribution in [0, 0.1) is 0 Å². The lowest BCUT2D eigenvalue weighted by atomic mass is 10.3. The molecule has 2 rings (SSSR count). The van der Waals surface area contributed by atoms with Gasteiger partial charge in [0.15, 0.2) is 5.82 Å². The number of hydrogen-bond acceptors (Lipinski definition) is 6. The molecule has 0 amide bonds. The second kappa shape index (κ2) is 5.39. The smallest absolute Gasteiger partial charge is 0.226 e. The van der Waals surface area contributed by atoms with E-state index in [-0.39, 0.29) is 0 Å². The minimum Gasteiger partial charge on any atom is -0.373 e. The van der Waals surface area contributed by atoms with E-state index in [0.29, 0.717) is 0 Å². The van der Waals surface area contributed by atoms with Crippen molar-refractivity contribution in [2.45, 2.75) is 0 Å². The standard InChI is InChI=1S/C12H22N6/c1-16(2)10-9-14-12(17(3)4)15-11(10)18-7-5-13-6-8-18/h9,13H,5-8H2,1-4H3. The van der Waals surface area contributed by atoms with Crippen molar-refractivity contribution in [3.05, 3.63) is 6.20 Å². The first-order chi connectivity index (χ1) is 8.59. The molecular formula is C12H22N6. The first kappa shape index (κ1) is 12.9. The summed E-state index contributed by atoms with van der Waals surface area (Å²) in [6.07, 6.45) is 1.90. The normalized spacial score (nSPS) is 15.7. The average Bonchev–Trinajstić information content (AvgIpc) is 2.39. The van der Waals surface area contributed by atoms with Gasteiger partial charge in [0, 0.05) is 54.4 Å². The van der Waals surface area contributed by atoms with Crippen LogP contribution >= 0.6 is 0 Å². The molecule has 1 saturated heterocycles. The number of rotatable bonds is 3. The van der Waals surface area contributed by atoms with Crippen LogP contribution in [0.1, 0.15) is 0 Å². The van der Waals surface area contributed by atoms with E-state index in [1.54, 1.807) is 0 Å². The zero-order valence-electron chi connectivity index (χ0n) is 11.6. The monoisotopic (exact) mass is 250 g/mol. The maximum Gasteiger partial charge on any atom is 0.226 e. The molecule has 1 N–H and O–H groups in total. The number of anilines is 3. The summed E-state index contributed by atoms with van der Waals surface area (Å²) in [4.78, 5) is 15.4. The van der Waals surface area contributed by atoms with Crippen molar-refractivity contribution in [2.24, 2.45) is 0 Å². The summed E-state index contributed by atoms with van der Waals surface area (Å²) in [5.74, 6) is 1.79. The van der Waals surface area contributed by atoms with Gasteiger partial charge in [-0.15, -0.1) is 0 Å². The van der Waals surface area contributed by atoms with E-state index in [4.69, 9.17) is 0 Å². The Hall–Kier alpha value is -1.56. The van der Waals surface area contributed by atoms with Gasteiger partial charge in [-0.2, -0.15) is 4.98 Å². The van der Waals surface area contributed by atoms with Gasteiger partial charge < -0.3 is 20.0 Å². The molecule has 1 aliphatic rings. The highest BCUT2D eigenvalue weighted by atomic mass is 15.3. The summed E-state index contributed by atoms with van der Waals surface area (Å²) in [5, 5.41) is 3.36. The molecule has 0 aromatic carbocycles. The van der Waals surface area contributed by atoms with E-state index in [1.165, 1.54) is 0 Å². The van der Waals surface area contributed by atoms with Crippen LogP contribution in [-0.2, 0) is 0 Å². The molecule has 2 heterocycles. The third-order valence-electron chi connectivity index (χ3n) is 3.04. The number of hydrogen-bond donors (Lipinski definition) is 1. The molecule has 0 saturated carbocycles. The van der Waals surface area contributed by atoms with Gasteiger partial charge in [0.25, 0.3) is 0 Å². The highest BCUT2D eigenvalue weighted by Gasteiger charge is 2.18. The van der Waals surface area contributed by atoms with Gasteiger partial charge in [0.2, 0.25) is 5.95 Å². The van der Waals surface area contributed by atoms with Crippen LogP contribution in [0.2, 0.25) is 0 Å². The molecular weight excluding hydrogens is 228 g/mol. The first-order valence-electron chi connectivity index (χ1n) is 6.27. The van der Waals surface area contributed by atoms with E-state index in [1.807, 2.05) is 39.3 Å². The largest absolute Gasteiger partial charge is 0.373 e. The summed E-state index contributed by atoms with van der Waals surface area (Å²) in [6, 6.07) is 0. The zero-order chi connectivity index (χ0) is 13.1. The van der Waals surface area contributed by atoms with Crippen LogP contribution in [0.15, 0.2) is 6.20 Å². The fraction of sp³-hybridized carbons (Fsp3) is 0.667. The fourth-order valence-electron chi connectivity index (χ4n) is 2.00. The van der Waals surface area contributed by atoms with Crippen molar-refractivity contribution in [2.75, 3.05) is 69.1 Å². The van der Waals surface area contributed by atoms with E-state index >= 15 is 0 Å². The molecule has 18 heavy (non-hydrogen) atoms. The third-order valence-corrected chi connectivity index (χ3v) is 3.04. The molecule has 0 atom stereocenters. The molecule has 1 fully saturated rings. The Balaban J connectivity index is 2.36. The van der Waals surface area contributed by atoms with Gasteiger partial charge >= 0.3 is 0 Å². The van der Waals surface area contributed by atoms with Gasteiger partial charge in [-0.1, -0.05) is 0 Å². The van der Waals surface area contributed by atoms with Crippen molar-refractivity contribution < 1.29 is 0 Å². The minimum atomic E-state index is 0.758. The number of nitrogens with one attached hydrogen (secondary N) is 1. The van der Waals surface area contributed by atoms with E-state index in [0.717, 1.165) is 43.6 Å². The summed E-state index contributed by atoms with van der Waals surface area (Å²) < 4.78 is 0. The predicted molar refractivity (Wildman–Crippen MR) is 75.8 cm³/mol. The summed E-state index contributed by atoms with van der Waals surface area (Å²) >= 11 is 0. The lowest BCUT2D eigenvalue weighted by Crippen LogP contribution is -2.44. The predicted octanol–water partition coefficient (Wildman–Crippen LogP) is 0.0182. The second-order valence-electron chi connectivity index (χ2n) is 4.90. The molecule has 6 nitrogen and oxygen atoms in total. The second-order valence-corrected chi connectivity index (χ2v) is 4.90. The number of piperazine rings is 1. The SMILES string of the molecule is CN(C)c1ncc(N(C)C)c(N2CCNCC2)n1. The van der Waals surface area contributed by atoms with Crippen molar-refractivity contribution in [1.29, 1.82) is 0 Å². The molecule has 0 aliphatic carbocycles. The lowest BCUT2D eigenvalue weighted by molar-refractivity contribution is 0.584. The minimum absolute atomic E-state index is 0.758. The first-order valence-corrected chi connectivity index (χ1v) is 6.27. The molecule has 1 aromatic heterocycles. The zero-order valence-corrected chi connectivity index (χ0v) is 11.6. The lowest BCUT2D eigenvalue weighted by Gasteiger charge is -2.31. The van der Waals surface area contributed by atoms with Crippen molar-refractivity contribution >= 4 is 17.5 Å². The van der Waals surface area contributed by atoms with E-state index in [2.05, 4.69) is 25.1 Å². The van der Waals surface area contributed by atoms with Crippen LogP contribution in [0.25, 0.3) is 0 Å². The fourth-order valence-corrected chi connectivity index (χ4v) is 2.00. The molecule has 1 aliphatic heterocycles. The summed E-state index contributed by atoms with van der Waals surface area (Å²) in [7, 11) is 7.98. The Bertz CT molecular complexity index is 398. The van der Waals surface area contributed by atoms with Crippen LogP contribution in [0.3, 0.4) is 0 Å². The van der Waals surface area contributed by atoms with Crippen LogP contribution in [-0.4, -0.2) is 64.3 Å². The van der Waals surface area contributed by atoms with Gasteiger partial charge in [-0.3, -0.25) is 0 Å². The topological polar surface area (TPSA) is 47.5 Å². The van der Waals surface area contributed by atoms with E-state index in [9.17, 15) is 0 Å². The van der Waals surface area contributed by atoms with E-state index < -0.39 is 0 Å². The Labute approximate surface area is 109 Å². The summed E-state index contributed by atoms with van der Waals surface area (Å²) in [6.45, 7) is 4.00. The van der Waals surface area contributed by atoms with Crippen LogP contribution in [0.5, 0.6) is 0 Å². The molecule has 100 valence electrons. The van der Waals surface area contributed by atoms with Crippen LogP contribution in [0.4, 0.5) is 17.5 Å². The van der Waals surface area contributed by atoms with Gasteiger partial charge in [0.1, 0.15) is 0 Å². The maximum atomic E-state index is 4.69. The highest BCUT2D eigenvalue weighted by Crippen LogP contribution is 2.26. The molecule has 6 heteroatoms. The summed E-state index contributed by atoms with van der Waals surface area (Å²) in [5.41, 5.74) is 1.07.